The lowest BCUT2D eigenvalue weighted by Gasteiger charge is -2.36. The molecule has 0 atom stereocenters. The molecule has 0 unspecified atom stereocenters. The molecule has 1 N–H and O–H groups in total. The van der Waals surface area contributed by atoms with Gasteiger partial charge in [-0.3, -0.25) is 4.57 Å². The number of rotatable bonds is 10. The van der Waals surface area contributed by atoms with Gasteiger partial charge in [0.25, 0.3) is 0 Å². The van der Waals surface area contributed by atoms with E-state index in [1.165, 1.54) is 0 Å². The van der Waals surface area contributed by atoms with Crippen LogP contribution in [0.15, 0.2) is 36.4 Å². The maximum absolute atomic E-state index is 13.5. The van der Waals surface area contributed by atoms with E-state index < -0.39 is 13.6 Å². The number of benzene rings is 2. The predicted octanol–water partition coefficient (Wildman–Crippen LogP) is 6.03. The largest absolute Gasteiger partial charge is 0.478 e. The minimum atomic E-state index is -3.49. The summed E-state index contributed by atoms with van der Waals surface area (Å²) in [6.45, 7) is 13.5. The predicted molar refractivity (Wildman–Crippen MR) is 140 cm³/mol. The summed E-state index contributed by atoms with van der Waals surface area (Å²) in [7, 11) is -3.49. The molecule has 1 heterocycles. The Morgan fingerprint density at radius 3 is 2.11 bits per heavy atom. The Morgan fingerprint density at radius 2 is 1.63 bits per heavy atom. The van der Waals surface area contributed by atoms with Gasteiger partial charge in [0.05, 0.1) is 23.1 Å². The van der Waals surface area contributed by atoms with Crippen molar-refractivity contribution in [3.8, 4) is 11.1 Å². The van der Waals surface area contributed by atoms with Gasteiger partial charge in [-0.1, -0.05) is 12.1 Å². The van der Waals surface area contributed by atoms with Crippen molar-refractivity contribution in [3.05, 3.63) is 47.5 Å². The van der Waals surface area contributed by atoms with Crippen molar-refractivity contribution in [2.75, 3.05) is 24.7 Å². The Bertz CT molecular complexity index is 1050. The molecule has 1 aliphatic heterocycles. The molecule has 2 aromatic carbocycles. The highest BCUT2D eigenvalue weighted by molar-refractivity contribution is 7.62. The van der Waals surface area contributed by atoms with Crippen molar-refractivity contribution in [2.24, 2.45) is 0 Å². The van der Waals surface area contributed by atoms with E-state index in [-0.39, 0.29) is 17.8 Å². The third-order valence-corrected chi connectivity index (χ3v) is 8.44. The SMILES string of the molecule is CCN(c1cc(-c2ccc(P(=O)(OC(C)C)OC(C)C)cc2)cc(C(=O)O)c1C)C1CCOCC1. The Hall–Kier alpha value is -2.18. The van der Waals surface area contributed by atoms with Crippen molar-refractivity contribution < 1.29 is 28.3 Å². The number of anilines is 1. The average Bonchev–Trinajstić information content (AvgIpc) is 2.80. The Kier molecular flexibility index (Phi) is 9.16. The van der Waals surface area contributed by atoms with Crippen LogP contribution in [0.4, 0.5) is 5.69 Å². The summed E-state index contributed by atoms with van der Waals surface area (Å²) in [5, 5.41) is 10.4. The van der Waals surface area contributed by atoms with Gasteiger partial charge in [0, 0.05) is 31.5 Å². The lowest BCUT2D eigenvalue weighted by molar-refractivity contribution is 0.0695. The van der Waals surface area contributed by atoms with Crippen LogP contribution >= 0.6 is 7.60 Å². The summed E-state index contributed by atoms with van der Waals surface area (Å²) in [4.78, 5) is 14.4. The fraction of sp³-hybridized carbons (Fsp3) is 0.519. The molecule has 0 radical (unpaired) electrons. The van der Waals surface area contributed by atoms with Crippen LogP contribution in [-0.4, -0.2) is 49.1 Å². The van der Waals surface area contributed by atoms with Gasteiger partial charge < -0.3 is 23.8 Å². The molecule has 1 saturated heterocycles. The molecule has 7 nitrogen and oxygen atoms in total. The molecule has 0 saturated carbocycles. The highest BCUT2D eigenvalue weighted by atomic mass is 31.2. The number of hydrogen-bond acceptors (Lipinski definition) is 6. The summed E-state index contributed by atoms with van der Waals surface area (Å²) in [5.74, 6) is -0.953. The zero-order valence-corrected chi connectivity index (χ0v) is 22.5. The molecule has 1 aliphatic rings. The van der Waals surface area contributed by atoms with Crippen LogP contribution in [0.2, 0.25) is 0 Å². The summed E-state index contributed by atoms with van der Waals surface area (Å²) >= 11 is 0. The van der Waals surface area contributed by atoms with Gasteiger partial charge in [-0.2, -0.15) is 0 Å². The molecule has 0 spiro atoms. The van der Waals surface area contributed by atoms with Gasteiger partial charge in [-0.15, -0.1) is 0 Å². The maximum Gasteiger partial charge on any atom is 0.361 e. The van der Waals surface area contributed by atoms with Crippen LogP contribution < -0.4 is 10.2 Å². The number of nitrogens with zero attached hydrogens (tertiary/aromatic N) is 1. The molecule has 0 bridgehead atoms. The van der Waals surface area contributed by atoms with E-state index in [0.717, 1.165) is 41.8 Å². The van der Waals surface area contributed by atoms with E-state index in [0.29, 0.717) is 24.6 Å². The zero-order valence-electron chi connectivity index (χ0n) is 21.6. The second-order valence-electron chi connectivity index (χ2n) is 9.46. The van der Waals surface area contributed by atoms with Crippen molar-refractivity contribution in [2.45, 2.75) is 72.6 Å². The lowest BCUT2D eigenvalue weighted by atomic mass is 9.95. The van der Waals surface area contributed by atoms with E-state index in [2.05, 4.69) is 17.9 Å². The molecular formula is C27H38NO6P. The second-order valence-corrected chi connectivity index (χ2v) is 11.4. The van der Waals surface area contributed by atoms with E-state index in [9.17, 15) is 14.5 Å². The Labute approximate surface area is 208 Å². The number of carboxylic acid groups (broad SMARTS) is 1. The molecule has 8 heteroatoms. The van der Waals surface area contributed by atoms with Crippen LogP contribution in [0.25, 0.3) is 11.1 Å². The van der Waals surface area contributed by atoms with Crippen LogP contribution in [-0.2, 0) is 18.3 Å². The van der Waals surface area contributed by atoms with Crippen molar-refractivity contribution >= 4 is 24.6 Å². The van der Waals surface area contributed by atoms with Crippen molar-refractivity contribution in [3.63, 3.8) is 0 Å². The van der Waals surface area contributed by atoms with E-state index in [1.54, 1.807) is 18.2 Å². The smallest absolute Gasteiger partial charge is 0.361 e. The van der Waals surface area contributed by atoms with Gasteiger partial charge in [0.2, 0.25) is 0 Å². The normalized spacial score (nSPS) is 15.1. The Balaban J connectivity index is 2.04. The standard InChI is InChI=1S/C27H38NO6P/c1-7-28(23-12-14-32-15-13-23)26-17-22(16-25(20(26)6)27(29)30)21-8-10-24(11-9-21)35(31,33-18(2)3)34-19(4)5/h8-11,16-19,23H,7,12-15H2,1-6H3,(H,29,30). The van der Waals surface area contributed by atoms with Crippen LogP contribution in [0.3, 0.4) is 0 Å². The first kappa shape index (κ1) is 27.4. The first-order valence-corrected chi connectivity index (χ1v) is 13.9. The molecular weight excluding hydrogens is 465 g/mol. The fourth-order valence-corrected chi connectivity index (χ4v) is 6.46. The van der Waals surface area contributed by atoms with Crippen molar-refractivity contribution in [1.82, 2.24) is 0 Å². The second kappa shape index (κ2) is 11.7. The third-order valence-electron chi connectivity index (χ3n) is 6.11. The van der Waals surface area contributed by atoms with E-state index in [1.807, 2.05) is 46.8 Å². The summed E-state index contributed by atoms with van der Waals surface area (Å²) < 4.78 is 30.5. The minimum absolute atomic E-state index is 0.262. The van der Waals surface area contributed by atoms with E-state index >= 15 is 0 Å². The minimum Gasteiger partial charge on any atom is -0.478 e. The molecule has 0 aromatic heterocycles. The average molecular weight is 504 g/mol. The molecule has 192 valence electrons. The van der Waals surface area contributed by atoms with Crippen LogP contribution in [0.1, 0.15) is 63.4 Å². The summed E-state index contributed by atoms with van der Waals surface area (Å²) in [6.07, 6.45) is 1.30. The molecule has 35 heavy (non-hydrogen) atoms. The Morgan fingerprint density at radius 1 is 1.06 bits per heavy atom. The topological polar surface area (TPSA) is 85.3 Å². The quantitative estimate of drug-likeness (QED) is 0.396. The van der Waals surface area contributed by atoms with Crippen LogP contribution in [0, 0.1) is 6.92 Å². The monoisotopic (exact) mass is 503 g/mol. The number of carbonyl (C=O) groups is 1. The molecule has 3 rings (SSSR count). The van der Waals surface area contributed by atoms with Gasteiger partial charge >= 0.3 is 13.6 Å². The summed E-state index contributed by atoms with van der Waals surface area (Å²) in [6, 6.07) is 11.3. The molecule has 0 amide bonds. The molecule has 2 aromatic rings. The van der Waals surface area contributed by atoms with E-state index in [4.69, 9.17) is 13.8 Å². The van der Waals surface area contributed by atoms with Gasteiger partial charge in [-0.25, -0.2) is 4.79 Å². The van der Waals surface area contributed by atoms with Crippen molar-refractivity contribution in [1.29, 1.82) is 0 Å². The molecule has 0 aliphatic carbocycles. The number of carboxylic acids is 1. The third kappa shape index (κ3) is 6.53. The van der Waals surface area contributed by atoms with Crippen LogP contribution in [0.5, 0.6) is 0 Å². The number of ether oxygens (including phenoxy) is 1. The first-order chi connectivity index (χ1) is 16.6. The fourth-order valence-electron chi connectivity index (χ4n) is 4.55. The highest BCUT2D eigenvalue weighted by Gasteiger charge is 2.30. The molecule has 1 fully saturated rings. The summed E-state index contributed by atoms with van der Waals surface area (Å²) in [5.41, 5.74) is 3.59. The maximum atomic E-state index is 13.5. The first-order valence-electron chi connectivity index (χ1n) is 12.4. The number of aromatic carboxylic acids is 1. The van der Waals surface area contributed by atoms with Gasteiger partial charge in [-0.05, 0) is 95.3 Å². The lowest BCUT2D eigenvalue weighted by Crippen LogP contribution is -2.40. The van der Waals surface area contributed by atoms with Gasteiger partial charge in [0.1, 0.15) is 0 Å². The number of hydrogen-bond donors (Lipinski definition) is 1. The highest BCUT2D eigenvalue weighted by Crippen LogP contribution is 2.49. The zero-order chi connectivity index (χ0) is 25.8. The van der Waals surface area contributed by atoms with Gasteiger partial charge in [0.15, 0.2) is 0 Å².